The van der Waals surface area contributed by atoms with Gasteiger partial charge in [0.15, 0.2) is 17.7 Å². The predicted molar refractivity (Wildman–Crippen MR) is 93.1 cm³/mol. The normalized spacial score (nSPS) is 27.9. The second-order valence-corrected chi connectivity index (χ2v) is 8.97. The van der Waals surface area contributed by atoms with Gasteiger partial charge >= 0.3 is 7.82 Å². The summed E-state index contributed by atoms with van der Waals surface area (Å²) < 4.78 is 37.6. The molecule has 28 heavy (non-hydrogen) atoms. The highest BCUT2D eigenvalue weighted by Gasteiger charge is 2.45. The third-order valence-corrected chi connectivity index (χ3v) is 6.11. The van der Waals surface area contributed by atoms with Gasteiger partial charge in [-0.3, -0.25) is 9.13 Å². The molecule has 0 saturated carbocycles. The number of anilines is 1. The largest absolute Gasteiger partial charge is 0.476 e. The summed E-state index contributed by atoms with van der Waals surface area (Å²) in [6.45, 7) is -0.715. The van der Waals surface area contributed by atoms with Gasteiger partial charge in [-0.05, 0) is 11.6 Å². The van der Waals surface area contributed by atoms with Gasteiger partial charge in [-0.2, -0.15) is 9.97 Å². The van der Waals surface area contributed by atoms with E-state index in [-0.39, 0.29) is 22.3 Å². The third-order valence-electron chi connectivity index (χ3n) is 3.67. The van der Waals surface area contributed by atoms with Crippen LogP contribution in [0, 0.1) is 0 Å². The van der Waals surface area contributed by atoms with E-state index in [1.807, 2.05) is 0 Å². The molecule has 0 aliphatic carbocycles. The van der Waals surface area contributed by atoms with E-state index >= 15 is 0 Å². The van der Waals surface area contributed by atoms with Crippen molar-refractivity contribution in [3.8, 4) is 0 Å². The van der Waals surface area contributed by atoms with Crippen molar-refractivity contribution in [3.63, 3.8) is 0 Å². The van der Waals surface area contributed by atoms with E-state index in [1.54, 1.807) is 0 Å². The number of rotatable bonds is 6. The average molecular weight is 455 g/mol. The lowest BCUT2D eigenvalue weighted by Crippen LogP contribution is -2.33. The van der Waals surface area contributed by atoms with Gasteiger partial charge in [-0.1, -0.05) is 0 Å². The van der Waals surface area contributed by atoms with Crippen molar-refractivity contribution in [3.05, 3.63) is 11.6 Å². The van der Waals surface area contributed by atoms with Gasteiger partial charge < -0.3 is 35.0 Å². The lowest BCUT2D eigenvalue weighted by molar-refractivity contribution is -0.0479. The number of nitrogens with two attached hydrogens (primary N) is 1. The Morgan fingerprint density at radius 1 is 1.32 bits per heavy atom. The Labute approximate surface area is 162 Å². The zero-order valence-electron chi connectivity index (χ0n) is 13.6. The number of hydrogen-bond acceptors (Lipinski definition) is 11. The Balaban J connectivity index is 1.78. The topological polar surface area (TPSA) is 212 Å². The maximum Gasteiger partial charge on any atom is 0.476 e. The van der Waals surface area contributed by atoms with Crippen molar-refractivity contribution < 1.29 is 42.7 Å². The first kappa shape index (κ1) is 21.6. The molecule has 18 heteroatoms. The first-order valence-corrected chi connectivity index (χ1v) is 10.9. The fraction of sp³-hybridized carbons (Fsp3) is 0.500. The zero-order chi connectivity index (χ0) is 20.9. The lowest BCUT2D eigenvalue weighted by Gasteiger charge is -2.19. The molecule has 0 bridgehead atoms. The number of phosphoric acid groups is 1. The molecule has 0 amide bonds. The van der Waals surface area contributed by atoms with Crippen LogP contribution in [0.2, 0.25) is 5.28 Å². The molecule has 1 aliphatic heterocycles. The molecule has 14 nitrogen and oxygen atoms in total. The lowest BCUT2D eigenvalue weighted by atomic mass is 10.1. The molecule has 2 aromatic heterocycles. The Hall–Kier alpha value is -1.12. The maximum atomic E-state index is 11.7. The summed E-state index contributed by atoms with van der Waals surface area (Å²) in [7, 11) is -4.78. The Bertz CT molecular complexity index is 988. The summed E-state index contributed by atoms with van der Waals surface area (Å²) in [5.74, 6) is -0.0136. The van der Waals surface area contributed by atoms with Crippen molar-refractivity contribution in [2.45, 2.75) is 24.5 Å². The number of ether oxygens (including phenoxy) is 1. The summed E-state index contributed by atoms with van der Waals surface area (Å²) in [4.78, 5) is 29.0. The SMILES string of the molecule is [B][P@](=O)(OC[C@H]1O[C@@H](n2cnc3c(N)nc(Cl)nc32)[C@H](O)[C@@H]1O)OP(=O)(O)O. The Kier molecular flexibility index (Phi) is 5.87. The Morgan fingerprint density at radius 3 is 2.64 bits per heavy atom. The molecule has 0 spiro atoms. The summed E-state index contributed by atoms with van der Waals surface area (Å²) in [5, 5.41) is 20.2. The molecule has 152 valence electrons. The minimum absolute atomic E-state index is 0.0136. The van der Waals surface area contributed by atoms with Crippen LogP contribution in [0.1, 0.15) is 6.23 Å². The molecule has 0 unspecified atom stereocenters. The maximum absolute atomic E-state index is 11.7. The van der Waals surface area contributed by atoms with Gasteiger partial charge in [-0.25, -0.2) is 13.9 Å². The molecule has 1 saturated heterocycles. The fourth-order valence-electron chi connectivity index (χ4n) is 2.54. The standard InChI is InChI=1S/C10H13BClN5O9P2/c11-27(20,26-28(21,22)23)24-1-3-5(18)6(19)9(25-3)17-2-14-4-7(13)15-10(12)16-8(4)17/h2-3,5-6,9,18-19H,1H2,(H2,13,15,16)(H2,21,22,23)/t3-,5-,6-,9-,27+/m1/s1. The monoisotopic (exact) mass is 455 g/mol. The molecule has 1 fully saturated rings. The van der Waals surface area contributed by atoms with E-state index < -0.39 is 46.4 Å². The predicted octanol–water partition coefficient (Wildman–Crippen LogP) is -0.916. The van der Waals surface area contributed by atoms with Crippen LogP contribution in [0.4, 0.5) is 5.82 Å². The highest BCUT2D eigenvalue weighted by molar-refractivity contribution is 7.83. The molecular weight excluding hydrogens is 442 g/mol. The number of nitrogens with zero attached hydrogens (tertiary/aromatic N) is 4. The molecule has 2 aromatic rings. The molecule has 5 atom stereocenters. The van der Waals surface area contributed by atoms with Crippen molar-refractivity contribution in [1.82, 2.24) is 19.5 Å². The van der Waals surface area contributed by atoms with E-state index in [4.69, 9.17) is 39.4 Å². The van der Waals surface area contributed by atoms with Gasteiger partial charge in [0.25, 0.3) is 7.47 Å². The minimum Gasteiger partial charge on any atom is -0.387 e. The molecule has 1 aliphatic rings. The van der Waals surface area contributed by atoms with Gasteiger partial charge in [0.1, 0.15) is 23.8 Å². The average Bonchev–Trinajstić information content (AvgIpc) is 3.06. The number of aromatic nitrogens is 4. The smallest absolute Gasteiger partial charge is 0.387 e. The van der Waals surface area contributed by atoms with Gasteiger partial charge in [-0.15, -0.1) is 0 Å². The number of halogens is 1. The van der Waals surface area contributed by atoms with E-state index in [0.717, 1.165) is 0 Å². The number of aliphatic hydroxyl groups excluding tert-OH is 2. The number of fused-ring (bicyclic) bond motifs is 1. The first-order valence-electron chi connectivity index (χ1n) is 7.35. The van der Waals surface area contributed by atoms with Gasteiger partial charge in [0, 0.05) is 0 Å². The van der Waals surface area contributed by atoms with E-state index in [0.29, 0.717) is 0 Å². The quantitative estimate of drug-likeness (QED) is 0.203. The third kappa shape index (κ3) is 4.55. The van der Waals surface area contributed by atoms with Crippen LogP contribution < -0.4 is 5.73 Å². The fourth-order valence-corrected chi connectivity index (χ4v) is 4.44. The summed E-state index contributed by atoms with van der Waals surface area (Å²) in [6, 6.07) is 0. The zero-order valence-corrected chi connectivity index (χ0v) is 16.2. The van der Waals surface area contributed by atoms with Crippen LogP contribution in [-0.4, -0.2) is 72.0 Å². The van der Waals surface area contributed by atoms with E-state index in [1.165, 1.54) is 10.9 Å². The molecule has 3 rings (SSSR count). The summed E-state index contributed by atoms with van der Waals surface area (Å²) in [5.41, 5.74) is 5.99. The number of nitrogen functional groups attached to an aromatic ring is 1. The molecule has 3 heterocycles. The number of hydrogen-bond donors (Lipinski definition) is 5. The van der Waals surface area contributed by atoms with Crippen LogP contribution in [0.15, 0.2) is 6.33 Å². The second-order valence-electron chi connectivity index (χ2n) is 5.66. The van der Waals surface area contributed by atoms with Gasteiger partial charge in [0.2, 0.25) is 12.8 Å². The van der Waals surface area contributed by atoms with Crippen LogP contribution in [0.25, 0.3) is 11.2 Å². The summed E-state index contributed by atoms with van der Waals surface area (Å²) >= 11 is 5.77. The highest BCUT2D eigenvalue weighted by atomic mass is 35.5. The van der Waals surface area contributed by atoms with Crippen LogP contribution in [0.3, 0.4) is 0 Å². The molecule has 6 N–H and O–H groups in total. The van der Waals surface area contributed by atoms with Crippen molar-refractivity contribution in [1.29, 1.82) is 0 Å². The van der Waals surface area contributed by atoms with Crippen LogP contribution in [-0.2, 0) is 22.7 Å². The molecule has 2 radical (unpaired) electrons. The van der Waals surface area contributed by atoms with Crippen molar-refractivity contribution in [2.75, 3.05) is 12.3 Å². The van der Waals surface area contributed by atoms with Crippen LogP contribution >= 0.6 is 26.9 Å². The summed E-state index contributed by atoms with van der Waals surface area (Å²) in [6.07, 6.45) is -4.35. The van der Waals surface area contributed by atoms with Gasteiger partial charge in [0.05, 0.1) is 12.9 Å². The second kappa shape index (κ2) is 7.61. The number of imidazole rings is 1. The molecule has 0 aromatic carbocycles. The van der Waals surface area contributed by atoms with Crippen molar-refractivity contribution >= 4 is 51.4 Å². The Morgan fingerprint density at radius 2 is 2.00 bits per heavy atom. The highest BCUT2D eigenvalue weighted by Crippen LogP contribution is 2.57. The minimum atomic E-state index is -5.18. The van der Waals surface area contributed by atoms with Crippen LogP contribution in [0.5, 0.6) is 0 Å². The molecular formula is C10H13BClN5O9P2. The van der Waals surface area contributed by atoms with Crippen molar-refractivity contribution in [2.24, 2.45) is 0 Å². The number of aliphatic hydroxyl groups is 2. The first-order chi connectivity index (χ1) is 12.9. The van der Waals surface area contributed by atoms with E-state index in [2.05, 4.69) is 23.8 Å². The van der Waals surface area contributed by atoms with E-state index in [9.17, 15) is 19.3 Å².